The van der Waals surface area contributed by atoms with Crippen LogP contribution >= 0.6 is 0 Å². The van der Waals surface area contributed by atoms with Gasteiger partial charge in [-0.25, -0.2) is 0 Å². The molecule has 2 heterocycles. The predicted molar refractivity (Wildman–Crippen MR) is 187 cm³/mol. The van der Waals surface area contributed by atoms with Crippen molar-refractivity contribution in [3.8, 4) is 0 Å². The summed E-state index contributed by atoms with van der Waals surface area (Å²) in [6.45, 7) is 20.3. The molecule has 2 rings (SSSR count). The molecule has 2 N–H and O–H groups in total. The van der Waals surface area contributed by atoms with Crippen LogP contribution < -0.4 is 10.6 Å². The lowest BCUT2D eigenvalue weighted by atomic mass is 9.84. The quantitative estimate of drug-likeness (QED) is 0.166. The van der Waals surface area contributed by atoms with Gasteiger partial charge in [0.2, 0.25) is 23.6 Å². The first-order valence-electron chi connectivity index (χ1n) is 18.2. The number of unbranched alkanes of at least 4 members (excludes halogenated alkanes) is 5. The number of likely N-dealkylation sites (tertiary alicyclic amines) is 2. The summed E-state index contributed by atoms with van der Waals surface area (Å²) in [4.78, 5) is 60.1. The topological polar surface area (TPSA) is 102 Å². The zero-order chi connectivity index (χ0) is 34.6. The van der Waals surface area contributed by atoms with E-state index in [4.69, 9.17) is 0 Å². The van der Waals surface area contributed by atoms with Gasteiger partial charge in [0, 0.05) is 31.8 Å². The lowest BCUT2D eigenvalue weighted by Crippen LogP contribution is -2.60. The second kappa shape index (κ2) is 18.8. The fraction of sp³-hybridized carbons (Fsp3) is 0.838. The third-order valence-corrected chi connectivity index (χ3v) is 9.79. The summed E-state index contributed by atoms with van der Waals surface area (Å²) in [5.74, 6) is -0.463. The maximum atomic E-state index is 14.1. The fourth-order valence-corrected chi connectivity index (χ4v) is 6.91. The van der Waals surface area contributed by atoms with Crippen LogP contribution in [-0.2, 0) is 19.2 Å². The van der Waals surface area contributed by atoms with E-state index in [0.29, 0.717) is 25.1 Å². The molecule has 0 radical (unpaired) electrons. The first kappa shape index (κ1) is 39.8. The molecule has 0 aromatic heterocycles. The average molecular weight is 646 g/mol. The van der Waals surface area contributed by atoms with Gasteiger partial charge in [-0.1, -0.05) is 86.1 Å². The Morgan fingerprint density at radius 3 is 2.11 bits per heavy atom. The van der Waals surface area contributed by atoms with Crippen LogP contribution in [0, 0.1) is 11.3 Å². The van der Waals surface area contributed by atoms with Crippen LogP contribution in [-0.4, -0.2) is 95.2 Å². The summed E-state index contributed by atoms with van der Waals surface area (Å²) in [6, 6.07) is -1.53. The zero-order valence-electron chi connectivity index (χ0n) is 30.9. The monoisotopic (exact) mass is 646 g/mol. The van der Waals surface area contributed by atoms with E-state index in [2.05, 4.69) is 36.3 Å². The highest BCUT2D eigenvalue weighted by atomic mass is 16.2. The first-order valence-corrected chi connectivity index (χ1v) is 18.2. The maximum Gasteiger partial charge on any atom is 0.249 e. The van der Waals surface area contributed by atoms with E-state index >= 15 is 0 Å². The average Bonchev–Trinajstić information content (AvgIpc) is 3.50. The number of hydrogen-bond acceptors (Lipinski definition) is 5. The van der Waals surface area contributed by atoms with E-state index in [1.54, 1.807) is 23.8 Å². The van der Waals surface area contributed by atoms with Crippen molar-refractivity contribution in [2.45, 2.75) is 163 Å². The molecule has 46 heavy (non-hydrogen) atoms. The third kappa shape index (κ3) is 11.4. The Labute approximate surface area is 280 Å². The number of carbonyl (C=O) groups excluding carboxylic acids is 4. The molecule has 0 saturated carbocycles. The minimum absolute atomic E-state index is 0.0257. The van der Waals surface area contributed by atoms with Gasteiger partial charge < -0.3 is 20.4 Å². The number of nitrogens with one attached hydrogen (secondary N) is 2. The molecule has 2 aliphatic rings. The Balaban J connectivity index is 2.13. The lowest BCUT2D eigenvalue weighted by molar-refractivity contribution is -0.142. The molecular formula is C37H67N5O4. The molecule has 0 aliphatic carbocycles. The van der Waals surface area contributed by atoms with Crippen molar-refractivity contribution < 1.29 is 19.2 Å². The van der Waals surface area contributed by atoms with E-state index in [1.807, 2.05) is 40.7 Å². The minimum atomic E-state index is -0.718. The van der Waals surface area contributed by atoms with Gasteiger partial charge in [0.25, 0.3) is 0 Å². The van der Waals surface area contributed by atoms with E-state index in [-0.39, 0.29) is 47.7 Å². The number of carbonyl (C=O) groups is 4. The number of amides is 4. The summed E-state index contributed by atoms with van der Waals surface area (Å²) >= 11 is 0. The van der Waals surface area contributed by atoms with Gasteiger partial charge in [-0.15, -0.1) is 0 Å². The van der Waals surface area contributed by atoms with Crippen LogP contribution in [0.15, 0.2) is 11.6 Å². The molecular weight excluding hydrogens is 578 g/mol. The molecule has 4 atom stereocenters. The molecule has 0 aromatic rings. The Hall–Kier alpha value is -2.42. The molecule has 2 fully saturated rings. The Kier molecular flexibility index (Phi) is 16.2. The standard InChI is InChI=1S/C37H67N5O4/c1-11-12-13-14-15-17-22-38-33(43)29-21-19-24-42(29)35(45)28(6)25-31(26(2)3)40(10)36(46)32(37(7,8)9)39-34(44)30-20-16-18-23-41(30)27(4)5/h25-27,29-32H,11-24H2,1-10H3,(H,38,43)(H,39,44)/b28-25+/t29?,30?,31-,32?/m1/s1. The molecule has 0 aromatic carbocycles. The van der Waals surface area contributed by atoms with Crippen molar-refractivity contribution in [3.63, 3.8) is 0 Å². The van der Waals surface area contributed by atoms with Crippen molar-refractivity contribution in [3.05, 3.63) is 11.6 Å². The lowest BCUT2D eigenvalue weighted by Gasteiger charge is -2.41. The minimum Gasteiger partial charge on any atom is -0.354 e. The number of rotatable bonds is 16. The summed E-state index contributed by atoms with van der Waals surface area (Å²) in [6.07, 6.45) is 13.2. The first-order chi connectivity index (χ1) is 21.6. The van der Waals surface area contributed by atoms with E-state index < -0.39 is 17.5 Å². The van der Waals surface area contributed by atoms with Crippen molar-refractivity contribution in [1.29, 1.82) is 0 Å². The molecule has 0 bridgehead atoms. The molecule has 2 aliphatic heterocycles. The number of hydrogen-bond donors (Lipinski definition) is 2. The fourth-order valence-electron chi connectivity index (χ4n) is 6.91. The summed E-state index contributed by atoms with van der Waals surface area (Å²) in [5, 5.41) is 6.21. The predicted octanol–water partition coefficient (Wildman–Crippen LogP) is 5.68. The maximum absolute atomic E-state index is 14.1. The van der Waals surface area contributed by atoms with Gasteiger partial charge in [-0.2, -0.15) is 0 Å². The van der Waals surface area contributed by atoms with Crippen molar-refractivity contribution >= 4 is 23.6 Å². The highest BCUT2D eigenvalue weighted by Gasteiger charge is 2.40. The largest absolute Gasteiger partial charge is 0.354 e. The van der Waals surface area contributed by atoms with Crippen LogP contribution in [0.1, 0.15) is 133 Å². The van der Waals surface area contributed by atoms with Crippen molar-refractivity contribution in [2.24, 2.45) is 11.3 Å². The van der Waals surface area contributed by atoms with Gasteiger partial charge in [0.05, 0.1) is 12.1 Å². The van der Waals surface area contributed by atoms with E-state index in [0.717, 1.165) is 45.1 Å². The van der Waals surface area contributed by atoms with Crippen LogP contribution in [0.2, 0.25) is 0 Å². The molecule has 264 valence electrons. The highest BCUT2D eigenvalue weighted by molar-refractivity contribution is 5.97. The van der Waals surface area contributed by atoms with Crippen molar-refractivity contribution in [1.82, 2.24) is 25.3 Å². The van der Waals surface area contributed by atoms with Gasteiger partial charge >= 0.3 is 0 Å². The SMILES string of the molecule is CCCCCCCCNC(=O)C1CCCN1C(=O)/C(C)=C/[C@H](C(C)C)N(C)C(=O)C(NC(=O)C1CCCCN1C(C)C)C(C)(C)C. The van der Waals surface area contributed by atoms with Crippen LogP contribution in [0.4, 0.5) is 0 Å². The summed E-state index contributed by atoms with van der Waals surface area (Å²) in [7, 11) is 1.77. The molecule has 3 unspecified atom stereocenters. The number of likely N-dealkylation sites (N-methyl/N-ethyl adjacent to an activating group) is 1. The van der Waals surface area contributed by atoms with E-state index in [1.165, 1.54) is 25.7 Å². The van der Waals surface area contributed by atoms with Gasteiger partial charge in [-0.3, -0.25) is 24.1 Å². The Morgan fingerprint density at radius 1 is 0.870 bits per heavy atom. The third-order valence-electron chi connectivity index (χ3n) is 9.79. The van der Waals surface area contributed by atoms with Gasteiger partial charge in [0.1, 0.15) is 12.1 Å². The summed E-state index contributed by atoms with van der Waals surface area (Å²) in [5.41, 5.74) is 0.0141. The normalized spacial score (nSPS) is 21.0. The highest BCUT2D eigenvalue weighted by Crippen LogP contribution is 2.27. The second-order valence-electron chi connectivity index (χ2n) is 15.4. The molecule has 9 nitrogen and oxygen atoms in total. The van der Waals surface area contributed by atoms with Crippen LogP contribution in [0.3, 0.4) is 0 Å². The molecule has 9 heteroatoms. The van der Waals surface area contributed by atoms with Gasteiger partial charge in [0.15, 0.2) is 0 Å². The molecule has 0 spiro atoms. The van der Waals surface area contributed by atoms with Crippen LogP contribution in [0.5, 0.6) is 0 Å². The number of piperidine rings is 1. The smallest absolute Gasteiger partial charge is 0.249 e. The number of nitrogens with zero attached hydrogens (tertiary/aromatic N) is 3. The zero-order valence-corrected chi connectivity index (χ0v) is 30.9. The summed E-state index contributed by atoms with van der Waals surface area (Å²) < 4.78 is 0. The van der Waals surface area contributed by atoms with Crippen molar-refractivity contribution in [2.75, 3.05) is 26.7 Å². The second-order valence-corrected chi connectivity index (χ2v) is 15.4. The Morgan fingerprint density at radius 2 is 1.50 bits per heavy atom. The molecule has 4 amide bonds. The molecule has 2 saturated heterocycles. The van der Waals surface area contributed by atoms with Crippen LogP contribution in [0.25, 0.3) is 0 Å². The van der Waals surface area contributed by atoms with Gasteiger partial charge in [-0.05, 0) is 70.8 Å². The van der Waals surface area contributed by atoms with E-state index in [9.17, 15) is 19.2 Å². The Bertz CT molecular complexity index is 1030.